The summed E-state index contributed by atoms with van der Waals surface area (Å²) in [5.41, 5.74) is 0.854. The Bertz CT molecular complexity index is 1100. The van der Waals surface area contributed by atoms with Crippen LogP contribution in [0.2, 0.25) is 0 Å². The van der Waals surface area contributed by atoms with Crippen LogP contribution < -0.4 is 4.74 Å². The monoisotopic (exact) mass is 456 g/mol. The standard InChI is InChI=1S/C21H19F3O6S/c1-12-4-10-15(11-5-12)31(26,27)18-16(13-6-8-14(28-2)9-7-13)17(20(25)29-3)30-19(18)21(22,23)24/h4-11,16-17H,1-3H3. The molecule has 1 heterocycles. The minimum atomic E-state index is -5.15. The van der Waals surface area contributed by atoms with Crippen LogP contribution in [0, 0.1) is 6.92 Å². The molecule has 31 heavy (non-hydrogen) atoms. The minimum absolute atomic E-state index is 0.126. The maximum atomic E-state index is 13.9. The third-order valence-corrected chi connectivity index (χ3v) is 6.75. The summed E-state index contributed by atoms with van der Waals surface area (Å²) in [6.45, 7) is 1.71. The molecule has 10 heteroatoms. The van der Waals surface area contributed by atoms with Gasteiger partial charge in [-0.3, -0.25) is 0 Å². The number of hydrogen-bond acceptors (Lipinski definition) is 6. The summed E-state index contributed by atoms with van der Waals surface area (Å²) in [7, 11) is -2.29. The lowest BCUT2D eigenvalue weighted by atomic mass is 9.93. The molecule has 0 amide bonds. The number of alkyl halides is 3. The summed E-state index contributed by atoms with van der Waals surface area (Å²) in [6.07, 6.45) is -6.98. The van der Waals surface area contributed by atoms with Crippen LogP contribution in [0.1, 0.15) is 17.0 Å². The lowest BCUT2D eigenvalue weighted by Crippen LogP contribution is -2.30. The zero-order valence-corrected chi connectivity index (χ0v) is 17.6. The number of sulfone groups is 1. The van der Waals surface area contributed by atoms with Crippen LogP contribution in [-0.2, 0) is 24.1 Å². The van der Waals surface area contributed by atoms with Crippen LogP contribution in [0.4, 0.5) is 13.2 Å². The zero-order chi connectivity index (χ0) is 23.0. The second kappa shape index (κ2) is 8.26. The quantitative estimate of drug-likeness (QED) is 0.635. The highest BCUT2D eigenvalue weighted by Gasteiger charge is 2.56. The normalized spacial score (nSPS) is 19.2. The summed E-state index contributed by atoms with van der Waals surface area (Å²) >= 11 is 0. The molecule has 0 bridgehead atoms. The molecule has 6 nitrogen and oxygen atoms in total. The Morgan fingerprint density at radius 1 is 1.00 bits per heavy atom. The summed E-state index contributed by atoms with van der Waals surface area (Å²) in [4.78, 5) is 10.9. The molecule has 1 aliphatic heterocycles. The molecular formula is C21H19F3O6S. The second-order valence-electron chi connectivity index (χ2n) is 6.82. The lowest BCUT2D eigenvalue weighted by molar-refractivity contribution is -0.161. The van der Waals surface area contributed by atoms with E-state index in [1.54, 1.807) is 6.92 Å². The number of aryl methyl sites for hydroxylation is 1. The molecule has 0 saturated heterocycles. The Balaban J connectivity index is 2.28. The highest BCUT2D eigenvalue weighted by atomic mass is 32.2. The Morgan fingerprint density at radius 3 is 2.06 bits per heavy atom. The Morgan fingerprint density at radius 2 is 1.58 bits per heavy atom. The number of allylic oxidation sites excluding steroid dienone is 1. The first kappa shape index (κ1) is 22.7. The fourth-order valence-corrected chi connectivity index (χ4v) is 5.06. The van der Waals surface area contributed by atoms with E-state index in [4.69, 9.17) is 9.47 Å². The molecule has 0 aliphatic carbocycles. The van der Waals surface area contributed by atoms with Crippen molar-refractivity contribution in [2.45, 2.75) is 30.0 Å². The van der Waals surface area contributed by atoms with Gasteiger partial charge in [-0.1, -0.05) is 29.8 Å². The predicted molar refractivity (Wildman–Crippen MR) is 104 cm³/mol. The average Bonchev–Trinajstić information content (AvgIpc) is 3.15. The van der Waals surface area contributed by atoms with E-state index < -0.39 is 44.7 Å². The third-order valence-electron chi connectivity index (χ3n) is 4.84. The molecule has 0 spiro atoms. The van der Waals surface area contributed by atoms with Gasteiger partial charge < -0.3 is 14.2 Å². The van der Waals surface area contributed by atoms with Gasteiger partial charge in [-0.25, -0.2) is 13.2 Å². The number of halogens is 3. The maximum absolute atomic E-state index is 13.9. The van der Waals surface area contributed by atoms with E-state index in [2.05, 4.69) is 4.74 Å². The van der Waals surface area contributed by atoms with E-state index in [1.807, 2.05) is 0 Å². The average molecular weight is 456 g/mol. The highest BCUT2D eigenvalue weighted by Crippen LogP contribution is 2.49. The molecule has 3 rings (SSSR count). The van der Waals surface area contributed by atoms with E-state index in [1.165, 1.54) is 55.6 Å². The lowest BCUT2D eigenvalue weighted by Gasteiger charge is -2.20. The smallest absolute Gasteiger partial charge is 0.450 e. The molecule has 2 aromatic carbocycles. The summed E-state index contributed by atoms with van der Waals surface area (Å²) in [6, 6.07) is 11.0. The first-order chi connectivity index (χ1) is 14.5. The molecule has 2 unspecified atom stereocenters. The Labute approximate surface area is 177 Å². The number of benzene rings is 2. The van der Waals surface area contributed by atoms with Crippen LogP contribution >= 0.6 is 0 Å². The van der Waals surface area contributed by atoms with Crippen molar-refractivity contribution >= 4 is 15.8 Å². The largest absolute Gasteiger partial charge is 0.497 e. The van der Waals surface area contributed by atoms with Crippen molar-refractivity contribution in [2.24, 2.45) is 0 Å². The first-order valence-corrected chi connectivity index (χ1v) is 10.5. The molecule has 2 aromatic rings. The highest BCUT2D eigenvalue weighted by molar-refractivity contribution is 7.95. The number of esters is 1. The van der Waals surface area contributed by atoms with Crippen LogP contribution in [0.25, 0.3) is 0 Å². The maximum Gasteiger partial charge on any atom is 0.450 e. The van der Waals surface area contributed by atoms with Crippen molar-refractivity contribution < 1.29 is 40.6 Å². The number of carbonyl (C=O) groups excluding carboxylic acids is 1. The van der Waals surface area contributed by atoms with Gasteiger partial charge in [-0.05, 0) is 36.8 Å². The summed E-state index contributed by atoms with van der Waals surface area (Å²) in [5.74, 6) is -4.03. The zero-order valence-electron chi connectivity index (χ0n) is 16.8. The van der Waals surface area contributed by atoms with E-state index >= 15 is 0 Å². The number of rotatable bonds is 5. The molecule has 0 saturated carbocycles. The third kappa shape index (κ3) is 4.25. The first-order valence-electron chi connectivity index (χ1n) is 9.02. The molecule has 166 valence electrons. The number of ether oxygens (including phenoxy) is 3. The summed E-state index contributed by atoms with van der Waals surface area (Å²) < 4.78 is 82.8. The molecule has 2 atom stereocenters. The van der Waals surface area contributed by atoms with Crippen molar-refractivity contribution in [1.29, 1.82) is 0 Å². The van der Waals surface area contributed by atoms with Gasteiger partial charge in [-0.15, -0.1) is 0 Å². The van der Waals surface area contributed by atoms with Crippen molar-refractivity contribution in [3.05, 3.63) is 70.3 Å². The number of carbonyl (C=O) groups is 1. The van der Waals surface area contributed by atoms with Crippen LogP contribution in [0.5, 0.6) is 5.75 Å². The van der Waals surface area contributed by atoms with Gasteiger partial charge in [0.15, 0.2) is 0 Å². The van der Waals surface area contributed by atoms with Crippen LogP contribution in [-0.4, -0.2) is 40.9 Å². The SMILES string of the molecule is COC(=O)C1OC(C(F)(F)F)=C(S(=O)(=O)c2ccc(C)cc2)C1c1ccc(OC)cc1. The van der Waals surface area contributed by atoms with Gasteiger partial charge in [-0.2, -0.15) is 13.2 Å². The van der Waals surface area contributed by atoms with Gasteiger partial charge in [0.2, 0.25) is 21.7 Å². The predicted octanol–water partition coefficient (Wildman–Crippen LogP) is 3.91. The van der Waals surface area contributed by atoms with Gasteiger partial charge in [0, 0.05) is 0 Å². The topological polar surface area (TPSA) is 78.9 Å². The molecule has 0 radical (unpaired) electrons. The minimum Gasteiger partial charge on any atom is -0.497 e. The van der Waals surface area contributed by atoms with Gasteiger partial charge >= 0.3 is 12.1 Å². The molecule has 1 aliphatic rings. The van der Waals surface area contributed by atoms with Crippen molar-refractivity contribution in [2.75, 3.05) is 14.2 Å². The fraction of sp³-hybridized carbons (Fsp3) is 0.286. The number of methoxy groups -OCH3 is 2. The fourth-order valence-electron chi connectivity index (χ4n) is 3.31. The van der Waals surface area contributed by atoms with Gasteiger partial charge in [0.25, 0.3) is 0 Å². The van der Waals surface area contributed by atoms with Crippen LogP contribution in [0.3, 0.4) is 0 Å². The Hall–Kier alpha value is -3.01. The van der Waals surface area contributed by atoms with Gasteiger partial charge in [0.05, 0.1) is 25.0 Å². The molecule has 0 fully saturated rings. The van der Waals surface area contributed by atoms with Gasteiger partial charge in [0.1, 0.15) is 10.7 Å². The number of hydrogen-bond donors (Lipinski definition) is 0. The van der Waals surface area contributed by atoms with E-state index in [9.17, 15) is 26.4 Å². The van der Waals surface area contributed by atoms with Crippen molar-refractivity contribution in [3.63, 3.8) is 0 Å². The second-order valence-corrected chi connectivity index (χ2v) is 8.74. The van der Waals surface area contributed by atoms with Crippen molar-refractivity contribution in [1.82, 2.24) is 0 Å². The van der Waals surface area contributed by atoms with E-state index in [0.717, 1.165) is 12.7 Å². The van der Waals surface area contributed by atoms with E-state index in [-0.39, 0.29) is 10.5 Å². The molecular weight excluding hydrogens is 437 g/mol. The van der Waals surface area contributed by atoms with Crippen LogP contribution in [0.15, 0.2) is 64.1 Å². The summed E-state index contributed by atoms with van der Waals surface area (Å²) in [5, 5.41) is 0. The molecule has 0 aromatic heterocycles. The van der Waals surface area contributed by atoms with E-state index in [0.29, 0.717) is 5.75 Å². The molecule has 0 N–H and O–H groups in total. The Kier molecular flexibility index (Phi) is 6.04. The van der Waals surface area contributed by atoms with Crippen molar-refractivity contribution in [3.8, 4) is 5.75 Å².